The fraction of sp³-hybridized carbons (Fsp3) is 0.815. The Kier molecular flexibility index (Phi) is 9.44. The molecule has 2 aliphatic heterocycles. The number of imide groups is 3. The molecule has 2 saturated heterocycles. The van der Waals surface area contributed by atoms with Crippen molar-refractivity contribution < 1.29 is 28.7 Å². The maximum Gasteiger partial charge on any atom is 0.333 e. The van der Waals surface area contributed by atoms with Crippen LogP contribution in [0.25, 0.3) is 0 Å². The highest BCUT2D eigenvalue weighted by atomic mass is 28.3. The van der Waals surface area contributed by atoms with E-state index < -0.39 is 31.5 Å². The molecule has 3 unspecified atom stereocenters. The number of nitrogens with zero attached hydrogens (tertiary/aromatic N) is 4. The zero-order valence-corrected chi connectivity index (χ0v) is 25.2. The van der Waals surface area contributed by atoms with Gasteiger partial charge in [0.05, 0.1) is 0 Å². The van der Waals surface area contributed by atoms with Crippen molar-refractivity contribution in [3.05, 3.63) is 0 Å². The summed E-state index contributed by atoms with van der Waals surface area (Å²) >= 11 is 0. The fourth-order valence-corrected chi connectivity index (χ4v) is 6.35. The van der Waals surface area contributed by atoms with Crippen molar-refractivity contribution in [2.24, 2.45) is 11.8 Å². The van der Waals surface area contributed by atoms with Gasteiger partial charge in [-0.05, 0) is 57.4 Å². The third-order valence-electron chi connectivity index (χ3n) is 8.27. The van der Waals surface area contributed by atoms with Gasteiger partial charge in [-0.1, -0.05) is 39.9 Å². The van der Waals surface area contributed by atoms with Crippen LogP contribution in [0.3, 0.4) is 0 Å². The van der Waals surface area contributed by atoms with Crippen LogP contribution in [0.1, 0.15) is 66.2 Å². The molecule has 0 spiro atoms. The predicted octanol–water partition coefficient (Wildman–Crippen LogP) is 4.13. The largest absolute Gasteiger partial charge is 0.361 e. The van der Waals surface area contributed by atoms with E-state index in [4.69, 9.17) is 4.74 Å². The predicted molar refractivity (Wildman–Crippen MR) is 146 cm³/mol. The Bertz CT molecular complexity index is 948. The third-order valence-corrected chi connectivity index (χ3v) is 9.97. The minimum atomic E-state index is -1.28. The second-order valence-corrected chi connectivity index (χ2v) is 18.5. The van der Waals surface area contributed by atoms with Crippen molar-refractivity contribution in [1.82, 2.24) is 19.6 Å². The number of rotatable bonds is 11. The van der Waals surface area contributed by atoms with Crippen LogP contribution in [0, 0.1) is 11.8 Å². The molecule has 2 heterocycles. The zero-order valence-electron chi connectivity index (χ0n) is 24.2. The van der Waals surface area contributed by atoms with Crippen LogP contribution >= 0.6 is 0 Å². The number of hydrogen-bond donors (Lipinski definition) is 0. The number of amides is 7. The van der Waals surface area contributed by atoms with E-state index >= 15 is 0 Å². The van der Waals surface area contributed by atoms with Crippen LogP contribution in [0.4, 0.5) is 9.59 Å². The average Bonchev–Trinajstić information content (AvgIpc) is 2.96. The molecule has 0 aromatic rings. The van der Waals surface area contributed by atoms with E-state index in [0.29, 0.717) is 45.4 Å². The van der Waals surface area contributed by atoms with Crippen LogP contribution in [0.5, 0.6) is 0 Å². The van der Waals surface area contributed by atoms with Crippen molar-refractivity contribution in [2.45, 2.75) is 103 Å². The fourth-order valence-electron chi connectivity index (χ4n) is 5.59. The van der Waals surface area contributed by atoms with E-state index in [0.717, 1.165) is 12.5 Å². The second kappa shape index (κ2) is 11.9. The van der Waals surface area contributed by atoms with Crippen LogP contribution in [0.15, 0.2) is 0 Å². The van der Waals surface area contributed by atoms with Gasteiger partial charge in [-0.15, -0.1) is 0 Å². The summed E-state index contributed by atoms with van der Waals surface area (Å²) in [6.45, 7) is 15.6. The number of barbiturate groups is 1. The van der Waals surface area contributed by atoms with Gasteiger partial charge in [-0.25, -0.2) is 14.5 Å². The Morgan fingerprint density at radius 1 is 0.974 bits per heavy atom. The number of carbonyl (C=O) groups excluding carboxylic acids is 5. The molecular formula is C27H46N4O6Si. The highest BCUT2D eigenvalue weighted by Gasteiger charge is 2.52. The number of hydrogen-bond acceptors (Lipinski definition) is 6. The lowest BCUT2D eigenvalue weighted by molar-refractivity contribution is -0.145. The molecule has 3 atom stereocenters. The minimum Gasteiger partial charge on any atom is -0.361 e. The second-order valence-electron chi connectivity index (χ2n) is 12.9. The molecule has 0 bridgehead atoms. The summed E-state index contributed by atoms with van der Waals surface area (Å²) < 4.78 is 5.72. The lowest BCUT2D eigenvalue weighted by Gasteiger charge is -2.43. The Balaban J connectivity index is 1.62. The Labute approximate surface area is 228 Å². The van der Waals surface area contributed by atoms with Crippen LogP contribution in [-0.2, 0) is 19.1 Å². The van der Waals surface area contributed by atoms with Crippen molar-refractivity contribution in [2.75, 3.05) is 26.4 Å². The van der Waals surface area contributed by atoms with E-state index in [1.807, 2.05) is 6.92 Å². The monoisotopic (exact) mass is 550 g/mol. The van der Waals surface area contributed by atoms with E-state index in [2.05, 4.69) is 26.6 Å². The molecule has 1 aliphatic carbocycles. The summed E-state index contributed by atoms with van der Waals surface area (Å²) in [4.78, 5) is 69.9. The minimum absolute atomic E-state index is 0.0309. The van der Waals surface area contributed by atoms with E-state index in [1.54, 1.807) is 18.7 Å². The molecule has 3 fully saturated rings. The van der Waals surface area contributed by atoms with Crippen molar-refractivity contribution in [3.63, 3.8) is 0 Å². The van der Waals surface area contributed by atoms with Gasteiger partial charge in [0.1, 0.15) is 18.7 Å². The molecule has 7 amide bonds. The quantitative estimate of drug-likeness (QED) is 0.166. The molecule has 11 heteroatoms. The van der Waals surface area contributed by atoms with Crippen LogP contribution < -0.4 is 0 Å². The number of carbonyl (C=O) groups is 5. The summed E-state index contributed by atoms with van der Waals surface area (Å²) in [6.07, 6.45) is 3.23. The Morgan fingerprint density at radius 3 is 2.26 bits per heavy atom. The molecule has 0 aromatic heterocycles. The summed E-state index contributed by atoms with van der Waals surface area (Å²) in [5.41, 5.74) is -0.964. The maximum atomic E-state index is 13.3. The van der Waals surface area contributed by atoms with Gasteiger partial charge in [-0.2, -0.15) is 0 Å². The van der Waals surface area contributed by atoms with Gasteiger partial charge in [0.2, 0.25) is 11.8 Å². The van der Waals surface area contributed by atoms with Gasteiger partial charge >= 0.3 is 12.1 Å². The first kappa shape index (κ1) is 30.3. The molecule has 10 nitrogen and oxygen atoms in total. The molecular weight excluding hydrogens is 504 g/mol. The van der Waals surface area contributed by atoms with Crippen molar-refractivity contribution in [3.8, 4) is 0 Å². The lowest BCUT2D eigenvalue weighted by Crippen LogP contribution is -2.59. The first-order valence-electron chi connectivity index (χ1n) is 14.1. The topological polar surface area (TPSA) is 108 Å². The number of unbranched alkanes of at least 4 members (excludes halogenated alkanes) is 1. The normalized spacial score (nSPS) is 26.7. The Hall–Kier alpha value is -2.27. The van der Waals surface area contributed by atoms with Crippen molar-refractivity contribution in [1.29, 1.82) is 0 Å². The average molecular weight is 551 g/mol. The number of urea groups is 2. The van der Waals surface area contributed by atoms with Gasteiger partial charge in [0.15, 0.2) is 0 Å². The van der Waals surface area contributed by atoms with E-state index in [9.17, 15) is 24.0 Å². The molecule has 0 aromatic carbocycles. The summed E-state index contributed by atoms with van der Waals surface area (Å²) in [5.74, 6) is -0.840. The standard InChI is InChI=1S/C27H46N4O6Si/c1-8-9-12-28-22(32)16-23(33)31(26(28)36)21-11-10-20(19(2)15-21)17-30-25(35)29(24(34)27(30,3)4)18-37-13-14-38(5,6)7/h19-21H,8-18H2,1-7H3. The summed E-state index contributed by atoms with van der Waals surface area (Å²) in [7, 11) is -1.28. The highest BCUT2D eigenvalue weighted by Crippen LogP contribution is 2.37. The molecule has 0 radical (unpaired) electrons. The first-order valence-corrected chi connectivity index (χ1v) is 17.8. The SMILES string of the molecule is CCCCN1C(=O)CC(=O)N(C2CCC(CN3C(=O)N(COCC[Si](C)(C)C)C(=O)C3(C)C)C(C)C2)C1=O. The lowest BCUT2D eigenvalue weighted by atomic mass is 9.76. The van der Waals surface area contributed by atoms with E-state index in [-0.39, 0.29) is 43.0 Å². The van der Waals surface area contributed by atoms with Gasteiger partial charge in [0.25, 0.3) is 5.91 Å². The van der Waals surface area contributed by atoms with E-state index in [1.165, 1.54) is 14.7 Å². The van der Waals surface area contributed by atoms with Crippen LogP contribution in [0.2, 0.25) is 25.7 Å². The first-order chi connectivity index (χ1) is 17.7. The summed E-state index contributed by atoms with van der Waals surface area (Å²) in [6, 6.07) is -0.127. The molecule has 1 saturated carbocycles. The van der Waals surface area contributed by atoms with Gasteiger partial charge < -0.3 is 9.64 Å². The van der Waals surface area contributed by atoms with Gasteiger partial charge in [0, 0.05) is 33.8 Å². The molecule has 38 heavy (non-hydrogen) atoms. The molecule has 214 valence electrons. The zero-order chi connectivity index (χ0) is 28.4. The molecule has 0 N–H and O–H groups in total. The Morgan fingerprint density at radius 2 is 1.66 bits per heavy atom. The summed E-state index contributed by atoms with van der Waals surface area (Å²) in [5, 5.41) is 0. The molecule has 3 aliphatic rings. The molecule has 3 rings (SSSR count). The van der Waals surface area contributed by atoms with Crippen molar-refractivity contribution >= 4 is 37.9 Å². The number of ether oxygens (including phenoxy) is 1. The third kappa shape index (κ3) is 6.47. The highest BCUT2D eigenvalue weighted by molar-refractivity contribution is 6.76. The maximum absolute atomic E-state index is 13.3. The smallest absolute Gasteiger partial charge is 0.333 e. The van der Waals surface area contributed by atoms with Gasteiger partial charge in [-0.3, -0.25) is 24.2 Å². The van der Waals surface area contributed by atoms with Crippen LogP contribution in [-0.4, -0.2) is 95.5 Å².